The summed E-state index contributed by atoms with van der Waals surface area (Å²) in [5, 5.41) is 0.702. The largest absolute Gasteiger partial charge is 0.484 e. The van der Waals surface area contributed by atoms with Crippen LogP contribution in [0.15, 0.2) is 18.2 Å². The molecule has 0 atom stereocenters. The van der Waals surface area contributed by atoms with Crippen molar-refractivity contribution in [2.75, 3.05) is 19.8 Å². The van der Waals surface area contributed by atoms with E-state index in [1.54, 1.807) is 12.1 Å². The molecule has 1 heterocycles. The van der Waals surface area contributed by atoms with Crippen molar-refractivity contribution in [3.05, 3.63) is 28.8 Å². The number of hydrogen-bond acceptors (Lipinski definition) is 3. The van der Waals surface area contributed by atoms with Gasteiger partial charge in [-0.1, -0.05) is 18.0 Å². The Balaban J connectivity index is 1.62. The van der Waals surface area contributed by atoms with E-state index in [1.807, 2.05) is 17.9 Å². The van der Waals surface area contributed by atoms with Gasteiger partial charge in [0.15, 0.2) is 6.61 Å². The molecule has 0 bridgehead atoms. The molecule has 0 radical (unpaired) electrons. The zero-order valence-electron chi connectivity index (χ0n) is 12.9. The molecular formula is C17H22ClNO3. The third-order valence-corrected chi connectivity index (χ3v) is 5.03. The number of nitrogens with zero attached hydrogens (tertiary/aromatic N) is 1. The first kappa shape index (κ1) is 15.6. The highest BCUT2D eigenvalue weighted by Crippen LogP contribution is 2.38. The molecular weight excluding hydrogens is 302 g/mol. The van der Waals surface area contributed by atoms with Gasteiger partial charge in [-0.3, -0.25) is 4.79 Å². The van der Waals surface area contributed by atoms with Crippen LogP contribution < -0.4 is 4.74 Å². The third-order valence-electron chi connectivity index (χ3n) is 4.61. The molecule has 3 rings (SSSR count). The summed E-state index contributed by atoms with van der Waals surface area (Å²) < 4.78 is 11.6. The Labute approximate surface area is 136 Å². The summed E-state index contributed by atoms with van der Waals surface area (Å²) in [6, 6.07) is 5.43. The second-order valence-corrected chi connectivity index (χ2v) is 6.51. The predicted octanol–water partition coefficient (Wildman–Crippen LogP) is 3.55. The van der Waals surface area contributed by atoms with E-state index in [0.29, 0.717) is 23.9 Å². The molecule has 1 saturated heterocycles. The molecule has 1 spiro atoms. The van der Waals surface area contributed by atoms with E-state index in [0.717, 1.165) is 31.2 Å². The van der Waals surface area contributed by atoms with Crippen LogP contribution in [0.25, 0.3) is 0 Å². The van der Waals surface area contributed by atoms with Gasteiger partial charge in [0.2, 0.25) is 0 Å². The second-order valence-electron chi connectivity index (χ2n) is 6.10. The normalized spacial score (nSPS) is 20.4. The minimum absolute atomic E-state index is 0.00648. The van der Waals surface area contributed by atoms with Crippen LogP contribution >= 0.6 is 11.6 Å². The van der Waals surface area contributed by atoms with E-state index in [9.17, 15) is 4.79 Å². The molecule has 1 aromatic carbocycles. The summed E-state index contributed by atoms with van der Waals surface area (Å²) >= 11 is 6.00. The van der Waals surface area contributed by atoms with E-state index in [1.165, 1.54) is 6.42 Å². The molecule has 2 fully saturated rings. The van der Waals surface area contributed by atoms with Crippen molar-refractivity contribution in [2.45, 2.75) is 44.8 Å². The Bertz CT molecular complexity index is 555. The molecule has 1 amide bonds. The Kier molecular flexibility index (Phi) is 4.59. The highest BCUT2D eigenvalue weighted by Gasteiger charge is 2.45. The van der Waals surface area contributed by atoms with Gasteiger partial charge in [-0.2, -0.15) is 0 Å². The predicted molar refractivity (Wildman–Crippen MR) is 85.2 cm³/mol. The smallest absolute Gasteiger partial charge is 0.262 e. The molecule has 22 heavy (non-hydrogen) atoms. The molecule has 0 unspecified atom stereocenters. The van der Waals surface area contributed by atoms with Crippen LogP contribution in [0.3, 0.4) is 0 Å². The summed E-state index contributed by atoms with van der Waals surface area (Å²) in [4.78, 5) is 14.4. The van der Waals surface area contributed by atoms with Crippen molar-refractivity contribution in [3.8, 4) is 5.75 Å². The Morgan fingerprint density at radius 3 is 2.86 bits per heavy atom. The highest BCUT2D eigenvalue weighted by atomic mass is 35.5. The SMILES string of the molecule is Cc1cc(OCC(=O)N2CCOC23CCCCC3)ccc1Cl. The van der Waals surface area contributed by atoms with Gasteiger partial charge in [-0.05, 0) is 56.4 Å². The monoisotopic (exact) mass is 323 g/mol. The Hall–Kier alpha value is -1.26. The Morgan fingerprint density at radius 1 is 1.36 bits per heavy atom. The average Bonchev–Trinajstić information content (AvgIpc) is 2.92. The van der Waals surface area contributed by atoms with Gasteiger partial charge in [0.25, 0.3) is 5.91 Å². The summed E-state index contributed by atoms with van der Waals surface area (Å²) in [6.45, 7) is 3.27. The molecule has 0 N–H and O–H groups in total. The number of carbonyl (C=O) groups excluding carboxylic acids is 1. The molecule has 1 aliphatic carbocycles. The number of rotatable bonds is 3. The minimum atomic E-state index is -0.366. The molecule has 1 aromatic rings. The summed E-state index contributed by atoms with van der Waals surface area (Å²) in [6.07, 6.45) is 5.37. The number of benzene rings is 1. The maximum absolute atomic E-state index is 12.5. The van der Waals surface area contributed by atoms with Crippen LogP contribution in [0.2, 0.25) is 5.02 Å². The van der Waals surface area contributed by atoms with Crippen molar-refractivity contribution in [1.82, 2.24) is 4.90 Å². The molecule has 0 aromatic heterocycles. The van der Waals surface area contributed by atoms with Gasteiger partial charge in [0, 0.05) is 11.6 Å². The van der Waals surface area contributed by atoms with Crippen molar-refractivity contribution < 1.29 is 14.3 Å². The first-order valence-electron chi connectivity index (χ1n) is 7.94. The number of halogens is 1. The van der Waals surface area contributed by atoms with Gasteiger partial charge in [-0.15, -0.1) is 0 Å². The molecule has 120 valence electrons. The first-order chi connectivity index (χ1) is 10.6. The van der Waals surface area contributed by atoms with Crippen LogP contribution in [-0.2, 0) is 9.53 Å². The fraction of sp³-hybridized carbons (Fsp3) is 0.588. The lowest BCUT2D eigenvalue weighted by molar-refractivity contribution is -0.157. The second kappa shape index (κ2) is 6.47. The number of ether oxygens (including phenoxy) is 2. The van der Waals surface area contributed by atoms with Crippen LogP contribution in [0, 0.1) is 6.92 Å². The van der Waals surface area contributed by atoms with E-state index in [4.69, 9.17) is 21.1 Å². The lowest BCUT2D eigenvalue weighted by Gasteiger charge is -2.39. The number of carbonyl (C=O) groups is 1. The van der Waals surface area contributed by atoms with Crippen molar-refractivity contribution in [2.24, 2.45) is 0 Å². The summed E-state index contributed by atoms with van der Waals surface area (Å²) in [7, 11) is 0. The first-order valence-corrected chi connectivity index (χ1v) is 8.32. The zero-order valence-corrected chi connectivity index (χ0v) is 13.7. The van der Waals surface area contributed by atoms with Gasteiger partial charge >= 0.3 is 0 Å². The van der Waals surface area contributed by atoms with Crippen molar-refractivity contribution in [3.63, 3.8) is 0 Å². The van der Waals surface area contributed by atoms with Crippen LogP contribution in [0.5, 0.6) is 5.75 Å². The van der Waals surface area contributed by atoms with Gasteiger partial charge in [0.1, 0.15) is 11.5 Å². The van der Waals surface area contributed by atoms with Crippen LogP contribution in [0.4, 0.5) is 0 Å². The number of amides is 1. The lowest BCUT2D eigenvalue weighted by Crippen LogP contribution is -2.50. The highest BCUT2D eigenvalue weighted by molar-refractivity contribution is 6.31. The topological polar surface area (TPSA) is 38.8 Å². The quantitative estimate of drug-likeness (QED) is 0.854. The van der Waals surface area contributed by atoms with Crippen molar-refractivity contribution in [1.29, 1.82) is 0 Å². The molecule has 1 saturated carbocycles. The Morgan fingerprint density at radius 2 is 2.14 bits per heavy atom. The standard InChI is InChI=1S/C17H22ClNO3/c1-13-11-14(5-6-15(13)18)21-12-16(20)19-9-10-22-17(19)7-3-2-4-8-17/h5-6,11H,2-4,7-10,12H2,1H3. The van der Waals surface area contributed by atoms with E-state index < -0.39 is 0 Å². The summed E-state index contributed by atoms with van der Waals surface area (Å²) in [5.41, 5.74) is 0.578. The zero-order chi connectivity index (χ0) is 15.6. The summed E-state index contributed by atoms with van der Waals surface area (Å²) in [5.74, 6) is 0.681. The van der Waals surface area contributed by atoms with Crippen molar-refractivity contribution >= 4 is 17.5 Å². The van der Waals surface area contributed by atoms with Gasteiger partial charge < -0.3 is 14.4 Å². The number of aryl methyl sites for hydroxylation is 1. The van der Waals surface area contributed by atoms with E-state index >= 15 is 0 Å². The van der Waals surface area contributed by atoms with Crippen LogP contribution in [0.1, 0.15) is 37.7 Å². The van der Waals surface area contributed by atoms with E-state index in [2.05, 4.69) is 0 Å². The third kappa shape index (κ3) is 3.08. The van der Waals surface area contributed by atoms with Crippen LogP contribution in [-0.4, -0.2) is 36.3 Å². The minimum Gasteiger partial charge on any atom is -0.484 e. The van der Waals surface area contributed by atoms with E-state index in [-0.39, 0.29) is 18.2 Å². The van der Waals surface area contributed by atoms with Gasteiger partial charge in [0.05, 0.1) is 6.61 Å². The average molecular weight is 324 g/mol. The molecule has 1 aliphatic heterocycles. The number of hydrogen-bond donors (Lipinski definition) is 0. The maximum atomic E-state index is 12.5. The lowest BCUT2D eigenvalue weighted by atomic mass is 9.90. The fourth-order valence-corrected chi connectivity index (χ4v) is 3.53. The fourth-order valence-electron chi connectivity index (χ4n) is 3.41. The van der Waals surface area contributed by atoms with Gasteiger partial charge in [-0.25, -0.2) is 0 Å². The molecule has 2 aliphatic rings. The molecule has 5 heteroatoms. The molecule has 4 nitrogen and oxygen atoms in total. The maximum Gasteiger partial charge on any atom is 0.262 e.